The zero-order valence-electron chi connectivity index (χ0n) is 11.1. The molecule has 20 heavy (non-hydrogen) atoms. The molecule has 2 rings (SSSR count). The molecule has 0 radical (unpaired) electrons. The average Bonchev–Trinajstić information content (AvgIpc) is 2.73. The molecular formula is C12H17N3O4S. The maximum absolute atomic E-state index is 12.3. The van der Waals surface area contributed by atoms with Gasteiger partial charge in [0.25, 0.3) is 5.69 Å². The van der Waals surface area contributed by atoms with Crippen molar-refractivity contribution >= 4 is 21.4 Å². The first-order chi connectivity index (χ1) is 9.29. The summed E-state index contributed by atoms with van der Waals surface area (Å²) in [5, 5.41) is 10.9. The first kappa shape index (κ1) is 14.7. The molecule has 3 N–H and O–H groups in total. The van der Waals surface area contributed by atoms with Crippen LogP contribution < -0.4 is 10.5 Å². The van der Waals surface area contributed by atoms with Crippen LogP contribution in [0.4, 0.5) is 11.4 Å². The molecule has 1 aromatic carbocycles. The molecule has 0 aromatic heterocycles. The van der Waals surface area contributed by atoms with Gasteiger partial charge in [0.15, 0.2) is 4.90 Å². The smallest absolute Gasteiger partial charge is 0.289 e. The molecule has 1 aliphatic carbocycles. The van der Waals surface area contributed by atoms with Gasteiger partial charge in [-0.15, -0.1) is 0 Å². The maximum atomic E-state index is 12.3. The fraction of sp³-hybridized carbons (Fsp3) is 0.500. The predicted molar refractivity (Wildman–Crippen MR) is 74.6 cm³/mol. The lowest BCUT2D eigenvalue weighted by Crippen LogP contribution is -2.33. The molecule has 2 atom stereocenters. The zero-order chi connectivity index (χ0) is 14.9. The molecule has 0 bridgehead atoms. The number of rotatable bonds is 4. The van der Waals surface area contributed by atoms with Gasteiger partial charge in [-0.1, -0.05) is 6.92 Å². The van der Waals surface area contributed by atoms with Gasteiger partial charge in [-0.2, -0.15) is 0 Å². The fourth-order valence-corrected chi connectivity index (χ4v) is 3.98. The number of benzene rings is 1. The summed E-state index contributed by atoms with van der Waals surface area (Å²) in [6.45, 7) is 2.05. The minimum Gasteiger partial charge on any atom is -0.399 e. The number of nitro groups is 1. The van der Waals surface area contributed by atoms with Gasteiger partial charge < -0.3 is 5.73 Å². The predicted octanol–water partition coefficient (Wildman–Crippen LogP) is 1.64. The second kappa shape index (κ2) is 5.37. The van der Waals surface area contributed by atoms with Crippen LogP contribution in [-0.4, -0.2) is 19.4 Å². The SMILES string of the molecule is CC1CCC(NS(=O)(=O)c2cc(N)ccc2[N+](=O)[O-])C1. The van der Waals surface area contributed by atoms with E-state index in [-0.39, 0.29) is 16.6 Å². The monoisotopic (exact) mass is 299 g/mol. The van der Waals surface area contributed by atoms with Crippen LogP contribution in [0.5, 0.6) is 0 Å². The number of nitro benzene ring substituents is 1. The van der Waals surface area contributed by atoms with Crippen LogP contribution >= 0.6 is 0 Å². The van der Waals surface area contributed by atoms with Crippen molar-refractivity contribution in [1.29, 1.82) is 0 Å². The normalized spacial score (nSPS) is 22.9. The first-order valence-corrected chi connectivity index (χ1v) is 7.84. The number of hydrogen-bond acceptors (Lipinski definition) is 5. The second-order valence-electron chi connectivity index (χ2n) is 5.22. The lowest BCUT2D eigenvalue weighted by Gasteiger charge is -2.13. The Bertz CT molecular complexity index is 630. The van der Waals surface area contributed by atoms with Crippen molar-refractivity contribution in [2.75, 3.05) is 5.73 Å². The van der Waals surface area contributed by atoms with Gasteiger partial charge in [-0.05, 0) is 37.3 Å². The van der Waals surface area contributed by atoms with E-state index < -0.39 is 20.6 Å². The number of hydrogen-bond donors (Lipinski definition) is 2. The maximum Gasteiger partial charge on any atom is 0.289 e. The molecule has 0 spiro atoms. The standard InChI is InChI=1S/C12H17N3O4S/c1-8-2-4-10(6-8)14-20(18,19)12-7-9(13)3-5-11(12)15(16)17/h3,5,7-8,10,14H,2,4,6,13H2,1H3. The minimum absolute atomic E-state index is 0.170. The molecule has 8 heteroatoms. The van der Waals surface area contributed by atoms with E-state index >= 15 is 0 Å². The summed E-state index contributed by atoms with van der Waals surface area (Å²) < 4.78 is 27.1. The van der Waals surface area contributed by atoms with Crippen molar-refractivity contribution in [3.05, 3.63) is 28.3 Å². The first-order valence-electron chi connectivity index (χ1n) is 6.36. The summed E-state index contributed by atoms with van der Waals surface area (Å²) in [6, 6.07) is 3.38. The lowest BCUT2D eigenvalue weighted by molar-refractivity contribution is -0.387. The summed E-state index contributed by atoms with van der Waals surface area (Å²) in [5.74, 6) is 0.457. The quantitative estimate of drug-likeness (QED) is 0.498. The molecule has 1 aliphatic rings. The number of nitrogens with zero attached hydrogens (tertiary/aromatic N) is 1. The Hall–Kier alpha value is -1.67. The molecular weight excluding hydrogens is 282 g/mol. The molecule has 7 nitrogen and oxygen atoms in total. The van der Waals surface area contributed by atoms with Crippen LogP contribution in [0.25, 0.3) is 0 Å². The lowest BCUT2D eigenvalue weighted by atomic mass is 10.1. The van der Waals surface area contributed by atoms with E-state index in [0.717, 1.165) is 31.4 Å². The third-order valence-corrected chi connectivity index (χ3v) is 5.04. The van der Waals surface area contributed by atoms with E-state index in [4.69, 9.17) is 5.73 Å². The van der Waals surface area contributed by atoms with Crippen molar-refractivity contribution in [2.45, 2.75) is 37.1 Å². The number of sulfonamides is 1. The van der Waals surface area contributed by atoms with Gasteiger partial charge in [0.1, 0.15) is 0 Å². The van der Waals surface area contributed by atoms with Crippen molar-refractivity contribution in [3.8, 4) is 0 Å². The van der Waals surface area contributed by atoms with Crippen LogP contribution in [0.15, 0.2) is 23.1 Å². The summed E-state index contributed by atoms with van der Waals surface area (Å²) in [7, 11) is -3.94. The number of nitrogens with one attached hydrogen (secondary N) is 1. The Morgan fingerprint density at radius 3 is 2.65 bits per heavy atom. The van der Waals surface area contributed by atoms with Gasteiger partial charge in [0.05, 0.1) is 4.92 Å². The van der Waals surface area contributed by atoms with Crippen LogP contribution in [0.3, 0.4) is 0 Å². The molecule has 0 amide bonds. The van der Waals surface area contributed by atoms with E-state index in [2.05, 4.69) is 11.6 Å². The van der Waals surface area contributed by atoms with Gasteiger partial charge in [0, 0.05) is 17.8 Å². The average molecular weight is 299 g/mol. The highest BCUT2D eigenvalue weighted by molar-refractivity contribution is 7.89. The van der Waals surface area contributed by atoms with Crippen LogP contribution in [0.2, 0.25) is 0 Å². The highest BCUT2D eigenvalue weighted by atomic mass is 32.2. The third kappa shape index (κ3) is 3.07. The summed E-state index contributed by atoms with van der Waals surface area (Å²) >= 11 is 0. The van der Waals surface area contributed by atoms with Crippen LogP contribution in [0, 0.1) is 16.0 Å². The van der Waals surface area contributed by atoms with Gasteiger partial charge >= 0.3 is 0 Å². The van der Waals surface area contributed by atoms with Crippen molar-refractivity contribution < 1.29 is 13.3 Å². The molecule has 0 aliphatic heterocycles. The Morgan fingerprint density at radius 1 is 1.40 bits per heavy atom. The highest BCUT2D eigenvalue weighted by Gasteiger charge is 2.31. The molecule has 0 saturated heterocycles. The number of anilines is 1. The van der Waals surface area contributed by atoms with Crippen LogP contribution in [0.1, 0.15) is 26.2 Å². The van der Waals surface area contributed by atoms with Crippen molar-refractivity contribution in [2.24, 2.45) is 5.92 Å². The summed E-state index contributed by atoms with van der Waals surface area (Å²) in [5.41, 5.74) is 5.26. The fourth-order valence-electron chi connectivity index (χ4n) is 2.49. The largest absolute Gasteiger partial charge is 0.399 e. The summed E-state index contributed by atoms with van der Waals surface area (Å²) in [6.07, 6.45) is 2.44. The summed E-state index contributed by atoms with van der Waals surface area (Å²) in [4.78, 5) is 9.85. The Labute approximate surface area is 117 Å². The van der Waals surface area contributed by atoms with Gasteiger partial charge in [-0.3, -0.25) is 10.1 Å². The van der Waals surface area contributed by atoms with Crippen molar-refractivity contribution in [3.63, 3.8) is 0 Å². The Balaban J connectivity index is 2.33. The van der Waals surface area contributed by atoms with E-state index in [0.29, 0.717) is 5.92 Å². The Kier molecular flexibility index (Phi) is 3.96. The van der Waals surface area contributed by atoms with Gasteiger partial charge in [0.2, 0.25) is 10.0 Å². The molecule has 110 valence electrons. The number of nitrogens with two attached hydrogens (primary N) is 1. The minimum atomic E-state index is -3.94. The van der Waals surface area contributed by atoms with E-state index in [1.54, 1.807) is 0 Å². The molecule has 2 unspecified atom stereocenters. The molecule has 1 fully saturated rings. The topological polar surface area (TPSA) is 115 Å². The Morgan fingerprint density at radius 2 is 2.10 bits per heavy atom. The zero-order valence-corrected chi connectivity index (χ0v) is 11.9. The second-order valence-corrected chi connectivity index (χ2v) is 6.90. The van der Waals surface area contributed by atoms with Gasteiger partial charge in [-0.25, -0.2) is 13.1 Å². The van der Waals surface area contributed by atoms with Crippen LogP contribution in [-0.2, 0) is 10.0 Å². The highest BCUT2D eigenvalue weighted by Crippen LogP contribution is 2.29. The number of nitrogen functional groups attached to an aromatic ring is 1. The molecule has 1 saturated carbocycles. The molecule has 1 aromatic rings. The van der Waals surface area contributed by atoms with E-state index in [1.165, 1.54) is 6.07 Å². The molecule has 0 heterocycles. The van der Waals surface area contributed by atoms with Crippen molar-refractivity contribution in [1.82, 2.24) is 4.72 Å². The van der Waals surface area contributed by atoms with E-state index in [9.17, 15) is 18.5 Å². The van der Waals surface area contributed by atoms with E-state index in [1.807, 2.05) is 0 Å². The third-order valence-electron chi connectivity index (χ3n) is 3.49.